The fourth-order valence-electron chi connectivity index (χ4n) is 3.16. The third-order valence-corrected chi connectivity index (χ3v) is 5.29. The van der Waals surface area contributed by atoms with Crippen molar-refractivity contribution in [3.8, 4) is 5.88 Å². The maximum Gasteiger partial charge on any atom is 0.264 e. The van der Waals surface area contributed by atoms with Crippen LogP contribution >= 0.6 is 15.9 Å². The van der Waals surface area contributed by atoms with E-state index in [0.717, 1.165) is 21.8 Å². The Hall–Kier alpha value is -3.00. The van der Waals surface area contributed by atoms with Crippen molar-refractivity contribution in [3.63, 3.8) is 0 Å². The number of nitrogens with one attached hydrogen (secondary N) is 1. The Kier molecular flexibility index (Phi) is 7.35. The molecule has 2 N–H and O–H groups in total. The van der Waals surface area contributed by atoms with E-state index >= 15 is 0 Å². The number of aromatic hydroxyl groups is 1. The van der Waals surface area contributed by atoms with E-state index in [4.69, 9.17) is 0 Å². The van der Waals surface area contributed by atoms with Crippen LogP contribution < -0.4 is 5.32 Å². The van der Waals surface area contributed by atoms with E-state index in [1.54, 1.807) is 22.8 Å². The van der Waals surface area contributed by atoms with Crippen LogP contribution in [0.1, 0.15) is 36.5 Å². The monoisotopic (exact) mass is 470 g/mol. The number of fused-ring (bicyclic) bond motifs is 1. The molecule has 2 aromatic carbocycles. The fraction of sp³-hybridized carbons (Fsp3) is 0.273. The van der Waals surface area contributed by atoms with Crippen LogP contribution in [0.4, 0.5) is 5.69 Å². The lowest BCUT2D eigenvalue weighted by Gasteiger charge is -2.05. The van der Waals surface area contributed by atoms with Crippen molar-refractivity contribution in [2.45, 2.75) is 32.7 Å². The summed E-state index contributed by atoms with van der Waals surface area (Å²) in [6, 6.07) is 14.6. The van der Waals surface area contributed by atoms with Crippen LogP contribution in [0.25, 0.3) is 10.9 Å². The van der Waals surface area contributed by atoms with Crippen molar-refractivity contribution >= 4 is 44.3 Å². The van der Waals surface area contributed by atoms with Gasteiger partial charge in [-0.05, 0) is 47.0 Å². The molecule has 0 aliphatic rings. The topological polar surface area (TPSA) is 96.0 Å². The molecular formula is C22H23BrN4O3. The molecule has 0 aliphatic heterocycles. The molecule has 0 saturated carbocycles. The molecule has 1 aromatic heterocycles. The van der Waals surface area contributed by atoms with E-state index in [2.05, 4.69) is 31.5 Å². The highest BCUT2D eigenvalue weighted by Crippen LogP contribution is 2.38. The Morgan fingerprint density at radius 1 is 1.13 bits per heavy atom. The standard InChI is InChI=1S/C22H23BrN4O3/c1-2-14-27-18-11-6-4-9-16(18)20(22(27)30)26-25-19(28)12-7-13-24-21(29)15-8-3-5-10-17(15)23/h3-6,8-11,30H,2,7,12-14H2,1H3,(H,24,29). The molecule has 1 heterocycles. The number of benzene rings is 2. The number of hydrogen-bond acceptors (Lipinski definition) is 4. The van der Waals surface area contributed by atoms with Gasteiger partial charge in [-0.15, -0.1) is 10.2 Å². The number of halogens is 1. The van der Waals surface area contributed by atoms with Crippen molar-refractivity contribution in [3.05, 3.63) is 58.6 Å². The van der Waals surface area contributed by atoms with Gasteiger partial charge in [0, 0.05) is 29.4 Å². The minimum atomic E-state index is -0.406. The van der Waals surface area contributed by atoms with Crippen molar-refractivity contribution in [2.75, 3.05) is 6.54 Å². The number of hydrogen-bond donors (Lipinski definition) is 2. The van der Waals surface area contributed by atoms with Crippen molar-refractivity contribution in [1.29, 1.82) is 0 Å². The highest BCUT2D eigenvalue weighted by Gasteiger charge is 2.16. The van der Waals surface area contributed by atoms with Gasteiger partial charge in [0.05, 0.1) is 11.1 Å². The van der Waals surface area contributed by atoms with E-state index < -0.39 is 5.91 Å². The van der Waals surface area contributed by atoms with Crippen LogP contribution in [0.5, 0.6) is 5.88 Å². The first-order valence-corrected chi connectivity index (χ1v) is 10.6. The molecule has 0 spiro atoms. The Labute approximate surface area is 182 Å². The molecule has 3 rings (SSSR count). The molecule has 156 valence electrons. The predicted molar refractivity (Wildman–Crippen MR) is 119 cm³/mol. The van der Waals surface area contributed by atoms with Crippen LogP contribution in [-0.4, -0.2) is 28.0 Å². The first kappa shape index (κ1) is 21.7. The number of carbonyl (C=O) groups excluding carboxylic acids is 2. The second-order valence-corrected chi connectivity index (χ2v) is 7.63. The van der Waals surface area contributed by atoms with Crippen molar-refractivity contribution < 1.29 is 14.7 Å². The second-order valence-electron chi connectivity index (χ2n) is 6.77. The molecule has 0 unspecified atom stereocenters. The summed E-state index contributed by atoms with van der Waals surface area (Å²) in [5, 5.41) is 21.8. The maximum absolute atomic E-state index is 12.1. The molecule has 0 fully saturated rings. The van der Waals surface area contributed by atoms with Gasteiger partial charge in [-0.25, -0.2) is 0 Å². The normalized spacial score (nSPS) is 11.3. The number of aryl methyl sites for hydroxylation is 1. The molecule has 0 radical (unpaired) electrons. The van der Waals surface area contributed by atoms with E-state index in [0.29, 0.717) is 30.8 Å². The van der Waals surface area contributed by atoms with Gasteiger partial charge in [0.2, 0.25) is 5.88 Å². The summed E-state index contributed by atoms with van der Waals surface area (Å²) < 4.78 is 2.49. The smallest absolute Gasteiger partial charge is 0.264 e. The Morgan fingerprint density at radius 2 is 1.87 bits per heavy atom. The van der Waals surface area contributed by atoms with E-state index in [9.17, 15) is 14.7 Å². The molecule has 0 atom stereocenters. The lowest BCUT2D eigenvalue weighted by atomic mass is 10.2. The largest absolute Gasteiger partial charge is 0.493 e. The quantitative estimate of drug-likeness (QED) is 0.343. The minimum Gasteiger partial charge on any atom is -0.493 e. The summed E-state index contributed by atoms with van der Waals surface area (Å²) in [6.45, 7) is 3.02. The number of rotatable bonds is 8. The first-order chi connectivity index (χ1) is 14.5. The average Bonchev–Trinajstić information content (AvgIpc) is 3.01. The zero-order chi connectivity index (χ0) is 21.5. The molecule has 0 aliphatic carbocycles. The summed E-state index contributed by atoms with van der Waals surface area (Å²) in [7, 11) is 0. The first-order valence-electron chi connectivity index (χ1n) is 9.80. The number of aromatic nitrogens is 1. The molecule has 30 heavy (non-hydrogen) atoms. The zero-order valence-corrected chi connectivity index (χ0v) is 18.2. The molecule has 8 heteroatoms. The minimum absolute atomic E-state index is 0.00954. The summed E-state index contributed by atoms with van der Waals surface area (Å²) >= 11 is 3.34. The number of azo groups is 1. The van der Waals surface area contributed by atoms with Crippen LogP contribution in [0, 0.1) is 0 Å². The van der Waals surface area contributed by atoms with Crippen LogP contribution in [0.15, 0.2) is 63.2 Å². The lowest BCUT2D eigenvalue weighted by Crippen LogP contribution is -2.25. The molecule has 2 amide bonds. The van der Waals surface area contributed by atoms with Gasteiger partial charge in [-0.3, -0.25) is 9.59 Å². The van der Waals surface area contributed by atoms with Crippen molar-refractivity contribution in [1.82, 2.24) is 9.88 Å². The van der Waals surface area contributed by atoms with Crippen LogP contribution in [0.2, 0.25) is 0 Å². The van der Waals surface area contributed by atoms with Gasteiger partial charge < -0.3 is 15.0 Å². The number of para-hydroxylation sites is 1. The lowest BCUT2D eigenvalue weighted by molar-refractivity contribution is -0.118. The average molecular weight is 471 g/mol. The van der Waals surface area contributed by atoms with Gasteiger partial charge >= 0.3 is 0 Å². The number of nitrogens with zero attached hydrogens (tertiary/aromatic N) is 3. The van der Waals surface area contributed by atoms with E-state index in [1.807, 2.05) is 37.3 Å². The molecular weight excluding hydrogens is 448 g/mol. The van der Waals surface area contributed by atoms with E-state index in [1.165, 1.54) is 0 Å². The van der Waals surface area contributed by atoms with Gasteiger partial charge in [0.25, 0.3) is 11.8 Å². The fourth-order valence-corrected chi connectivity index (χ4v) is 3.62. The molecule has 7 nitrogen and oxygen atoms in total. The SMILES string of the molecule is CCCn1c(O)c(N=NC(=O)CCCNC(=O)c2ccccc2Br)c2ccccc21. The van der Waals surface area contributed by atoms with Gasteiger partial charge in [-0.1, -0.05) is 37.3 Å². The molecule has 0 saturated heterocycles. The van der Waals surface area contributed by atoms with Crippen LogP contribution in [0.3, 0.4) is 0 Å². The van der Waals surface area contributed by atoms with Crippen molar-refractivity contribution in [2.24, 2.45) is 10.2 Å². The van der Waals surface area contributed by atoms with Gasteiger partial charge in [0.1, 0.15) is 0 Å². The highest BCUT2D eigenvalue weighted by molar-refractivity contribution is 9.10. The third kappa shape index (κ3) is 4.94. The Bertz CT molecular complexity index is 1090. The zero-order valence-electron chi connectivity index (χ0n) is 16.6. The van der Waals surface area contributed by atoms with Gasteiger partial charge in [-0.2, -0.15) is 0 Å². The summed E-state index contributed by atoms with van der Waals surface area (Å²) in [6.07, 6.45) is 1.44. The Balaban J connectivity index is 1.57. The number of carbonyl (C=O) groups is 2. The third-order valence-electron chi connectivity index (χ3n) is 4.60. The Morgan fingerprint density at radius 3 is 2.63 bits per heavy atom. The van der Waals surface area contributed by atoms with Crippen LogP contribution in [-0.2, 0) is 11.3 Å². The number of amides is 2. The predicted octanol–water partition coefficient (Wildman–Crippen LogP) is 5.34. The summed E-state index contributed by atoms with van der Waals surface area (Å²) in [5.41, 5.74) is 1.70. The van der Waals surface area contributed by atoms with E-state index in [-0.39, 0.29) is 18.2 Å². The maximum atomic E-state index is 12.1. The summed E-state index contributed by atoms with van der Waals surface area (Å²) in [5.74, 6) is -0.600. The second kappa shape index (κ2) is 10.2. The highest BCUT2D eigenvalue weighted by atomic mass is 79.9. The summed E-state index contributed by atoms with van der Waals surface area (Å²) in [4.78, 5) is 24.2. The molecule has 3 aromatic rings. The van der Waals surface area contributed by atoms with Gasteiger partial charge in [0.15, 0.2) is 5.69 Å². The molecule has 0 bridgehead atoms.